The van der Waals surface area contributed by atoms with Crippen LogP contribution in [-0.4, -0.2) is 33.8 Å². The van der Waals surface area contributed by atoms with Crippen LogP contribution in [0, 0.1) is 11.3 Å². The Morgan fingerprint density at radius 2 is 1.76 bits per heavy atom. The van der Waals surface area contributed by atoms with Crippen molar-refractivity contribution in [3.63, 3.8) is 0 Å². The van der Waals surface area contributed by atoms with Crippen LogP contribution in [0.5, 0.6) is 17.2 Å². The monoisotopic (exact) mass is 392 g/mol. The minimum absolute atomic E-state index is 0.0310. The van der Waals surface area contributed by atoms with Crippen LogP contribution in [0.1, 0.15) is 11.1 Å². The van der Waals surface area contributed by atoms with E-state index in [1.165, 1.54) is 6.08 Å². The topological polar surface area (TPSA) is 80.6 Å². The van der Waals surface area contributed by atoms with Crippen molar-refractivity contribution in [1.29, 1.82) is 5.26 Å². The van der Waals surface area contributed by atoms with E-state index >= 15 is 0 Å². The van der Waals surface area contributed by atoms with Gasteiger partial charge in [0.2, 0.25) is 0 Å². The van der Waals surface area contributed by atoms with Gasteiger partial charge in [-0.1, -0.05) is 36.4 Å². The summed E-state index contributed by atoms with van der Waals surface area (Å²) in [5, 5.41) is 12.0. The van der Waals surface area contributed by atoms with Crippen molar-refractivity contribution in [3.05, 3.63) is 71.3 Å². The first-order chi connectivity index (χ1) is 14.1. The Labute approximate surface area is 171 Å². The summed E-state index contributed by atoms with van der Waals surface area (Å²) in [6.07, 6.45) is 5.53. The van der Waals surface area contributed by atoms with Gasteiger partial charge in [0, 0.05) is 12.1 Å². The second kappa shape index (κ2) is 11.2. The molecule has 0 aliphatic heterocycles. The number of ether oxygens (including phenoxy) is 3. The highest BCUT2D eigenvalue weighted by molar-refractivity contribution is 5.97. The van der Waals surface area contributed by atoms with Gasteiger partial charge < -0.3 is 19.5 Å². The molecule has 6 nitrogen and oxygen atoms in total. The molecule has 0 aromatic heterocycles. The number of rotatable bonds is 9. The SMILES string of the molecule is COc1ccccc1/C=C/C=C(\C#N)C(=O)NCCc1ccc(OC)c(OC)c1. The van der Waals surface area contributed by atoms with Crippen LogP contribution in [-0.2, 0) is 11.2 Å². The summed E-state index contributed by atoms with van der Waals surface area (Å²) in [6, 6.07) is 15.0. The lowest BCUT2D eigenvalue weighted by Crippen LogP contribution is -2.26. The predicted octanol–water partition coefficient (Wildman–Crippen LogP) is 3.53. The van der Waals surface area contributed by atoms with Gasteiger partial charge in [0.1, 0.15) is 17.4 Å². The molecular weight excluding hydrogens is 368 g/mol. The molecular formula is C23H24N2O4. The summed E-state index contributed by atoms with van der Waals surface area (Å²) in [6.45, 7) is 0.392. The standard InChI is InChI=1S/C23H24N2O4/c1-27-20-10-5-4-7-18(20)8-6-9-19(16-24)23(26)25-14-13-17-11-12-21(28-2)22(15-17)29-3/h4-12,15H,13-14H2,1-3H3,(H,25,26)/b8-6+,19-9+. The highest BCUT2D eigenvalue weighted by atomic mass is 16.5. The van der Waals surface area contributed by atoms with Crippen LogP contribution in [0.4, 0.5) is 0 Å². The van der Waals surface area contributed by atoms with Gasteiger partial charge in [-0.05, 0) is 36.3 Å². The third-order valence-corrected chi connectivity index (χ3v) is 4.19. The molecule has 1 amide bonds. The molecule has 0 heterocycles. The van der Waals surface area contributed by atoms with Crippen molar-refractivity contribution in [3.8, 4) is 23.3 Å². The molecule has 0 atom stereocenters. The fourth-order valence-electron chi connectivity index (χ4n) is 2.67. The Hall–Kier alpha value is -3.72. The van der Waals surface area contributed by atoms with Gasteiger partial charge in [-0.3, -0.25) is 4.79 Å². The molecule has 2 rings (SSSR count). The third kappa shape index (κ3) is 6.15. The van der Waals surface area contributed by atoms with Crippen molar-refractivity contribution in [2.24, 2.45) is 0 Å². The van der Waals surface area contributed by atoms with E-state index < -0.39 is 5.91 Å². The summed E-state index contributed by atoms with van der Waals surface area (Å²) in [4.78, 5) is 12.2. The first-order valence-electron chi connectivity index (χ1n) is 9.03. The van der Waals surface area contributed by atoms with E-state index in [0.717, 1.165) is 16.9 Å². The number of methoxy groups -OCH3 is 3. The van der Waals surface area contributed by atoms with Crippen molar-refractivity contribution in [1.82, 2.24) is 5.32 Å². The number of carbonyl (C=O) groups excluding carboxylic acids is 1. The summed E-state index contributed by atoms with van der Waals surface area (Å²) in [5.41, 5.74) is 1.88. The van der Waals surface area contributed by atoms with Crippen molar-refractivity contribution >= 4 is 12.0 Å². The van der Waals surface area contributed by atoms with E-state index in [1.54, 1.807) is 33.5 Å². The first kappa shape index (κ1) is 21.6. The van der Waals surface area contributed by atoms with Crippen LogP contribution in [0.2, 0.25) is 0 Å². The van der Waals surface area contributed by atoms with Crippen LogP contribution >= 0.6 is 0 Å². The van der Waals surface area contributed by atoms with Crippen LogP contribution in [0.25, 0.3) is 6.08 Å². The van der Waals surface area contributed by atoms with Gasteiger partial charge in [-0.15, -0.1) is 0 Å². The molecule has 0 aliphatic carbocycles. The molecule has 2 aromatic rings. The van der Waals surface area contributed by atoms with E-state index in [-0.39, 0.29) is 5.57 Å². The number of benzene rings is 2. The molecule has 0 saturated carbocycles. The van der Waals surface area contributed by atoms with E-state index in [4.69, 9.17) is 14.2 Å². The Balaban J connectivity index is 1.95. The lowest BCUT2D eigenvalue weighted by Gasteiger charge is -2.10. The van der Waals surface area contributed by atoms with Gasteiger partial charge in [-0.25, -0.2) is 0 Å². The number of nitriles is 1. The molecule has 0 aliphatic rings. The average molecular weight is 392 g/mol. The molecule has 0 saturated heterocycles. The normalized spacial score (nSPS) is 11.0. The number of hydrogen-bond acceptors (Lipinski definition) is 5. The highest BCUT2D eigenvalue weighted by Crippen LogP contribution is 2.27. The quantitative estimate of drug-likeness (QED) is 0.401. The number of amides is 1. The number of allylic oxidation sites excluding steroid dienone is 2. The minimum atomic E-state index is -0.419. The summed E-state index contributed by atoms with van der Waals surface area (Å²) < 4.78 is 15.8. The Morgan fingerprint density at radius 3 is 2.45 bits per heavy atom. The molecule has 2 aromatic carbocycles. The van der Waals surface area contributed by atoms with Gasteiger partial charge in [-0.2, -0.15) is 5.26 Å². The van der Waals surface area contributed by atoms with E-state index in [2.05, 4.69) is 5.32 Å². The summed E-state index contributed by atoms with van der Waals surface area (Å²) >= 11 is 0. The highest BCUT2D eigenvalue weighted by Gasteiger charge is 2.08. The molecule has 0 bridgehead atoms. The molecule has 0 spiro atoms. The van der Waals surface area contributed by atoms with Gasteiger partial charge >= 0.3 is 0 Å². The van der Waals surface area contributed by atoms with Crippen molar-refractivity contribution in [2.45, 2.75) is 6.42 Å². The molecule has 0 unspecified atom stereocenters. The number of para-hydroxylation sites is 1. The van der Waals surface area contributed by atoms with Gasteiger partial charge in [0.05, 0.1) is 21.3 Å². The van der Waals surface area contributed by atoms with E-state index in [0.29, 0.717) is 24.5 Å². The smallest absolute Gasteiger partial charge is 0.261 e. The van der Waals surface area contributed by atoms with Crippen LogP contribution in [0.15, 0.2) is 60.2 Å². The lowest BCUT2D eigenvalue weighted by molar-refractivity contribution is -0.117. The van der Waals surface area contributed by atoms with Crippen molar-refractivity contribution in [2.75, 3.05) is 27.9 Å². The second-order valence-corrected chi connectivity index (χ2v) is 5.99. The fourth-order valence-corrected chi connectivity index (χ4v) is 2.67. The maximum atomic E-state index is 12.2. The summed E-state index contributed by atoms with van der Waals surface area (Å²) in [7, 11) is 4.75. The number of nitrogens with zero attached hydrogens (tertiary/aromatic N) is 1. The lowest BCUT2D eigenvalue weighted by atomic mass is 10.1. The predicted molar refractivity (Wildman–Crippen MR) is 112 cm³/mol. The molecule has 0 radical (unpaired) electrons. The van der Waals surface area contributed by atoms with Crippen molar-refractivity contribution < 1.29 is 19.0 Å². The molecule has 150 valence electrons. The average Bonchev–Trinajstić information content (AvgIpc) is 2.76. The fraction of sp³-hybridized carbons (Fsp3) is 0.217. The number of nitrogens with one attached hydrogen (secondary N) is 1. The summed E-state index contributed by atoms with van der Waals surface area (Å²) in [5.74, 6) is 1.58. The second-order valence-electron chi connectivity index (χ2n) is 5.99. The zero-order chi connectivity index (χ0) is 21.1. The molecule has 29 heavy (non-hydrogen) atoms. The Kier molecular flexibility index (Phi) is 8.33. The number of hydrogen-bond donors (Lipinski definition) is 1. The molecule has 0 fully saturated rings. The maximum absolute atomic E-state index is 12.2. The van der Waals surface area contributed by atoms with Crippen LogP contribution in [0.3, 0.4) is 0 Å². The van der Waals surface area contributed by atoms with Crippen LogP contribution < -0.4 is 19.5 Å². The third-order valence-electron chi connectivity index (χ3n) is 4.19. The maximum Gasteiger partial charge on any atom is 0.261 e. The zero-order valence-electron chi connectivity index (χ0n) is 16.8. The Morgan fingerprint density at radius 1 is 1.03 bits per heavy atom. The van der Waals surface area contributed by atoms with Gasteiger partial charge in [0.25, 0.3) is 5.91 Å². The van der Waals surface area contributed by atoms with Gasteiger partial charge in [0.15, 0.2) is 11.5 Å². The first-order valence-corrected chi connectivity index (χ1v) is 9.03. The molecule has 1 N–H and O–H groups in total. The van der Waals surface area contributed by atoms with E-state index in [9.17, 15) is 10.1 Å². The largest absolute Gasteiger partial charge is 0.496 e. The minimum Gasteiger partial charge on any atom is -0.496 e. The number of carbonyl (C=O) groups is 1. The molecule has 6 heteroatoms. The zero-order valence-corrected chi connectivity index (χ0v) is 16.8. The van der Waals surface area contributed by atoms with E-state index in [1.807, 2.05) is 48.5 Å². The Bertz CT molecular complexity index is 942.